The largest absolute Gasteiger partial charge is 0.352 e. The highest BCUT2D eigenvalue weighted by molar-refractivity contribution is 6.06. The molecule has 0 bridgehead atoms. The second-order valence-corrected chi connectivity index (χ2v) is 6.00. The Hall–Kier alpha value is -1.97. The summed E-state index contributed by atoms with van der Waals surface area (Å²) in [5, 5.41) is 3.51. The number of aryl methyl sites for hydroxylation is 1. The number of unbranched alkanes of at least 4 members (excludes halogenated alkanes) is 5. The van der Waals surface area contributed by atoms with Gasteiger partial charge in [0.05, 0.1) is 11.1 Å². The summed E-state index contributed by atoms with van der Waals surface area (Å²) in [5.41, 5.74) is 1.91. The third-order valence-electron chi connectivity index (χ3n) is 3.96. The van der Waals surface area contributed by atoms with Crippen LogP contribution in [0.4, 0.5) is 4.39 Å². The van der Waals surface area contributed by atoms with E-state index in [0.29, 0.717) is 23.0 Å². The van der Waals surface area contributed by atoms with Gasteiger partial charge in [-0.2, -0.15) is 0 Å². The number of nitrogens with zero attached hydrogens (tertiary/aromatic N) is 1. The van der Waals surface area contributed by atoms with Gasteiger partial charge in [-0.1, -0.05) is 39.0 Å². The van der Waals surface area contributed by atoms with Crippen LogP contribution in [0, 0.1) is 12.7 Å². The SMILES string of the molecule is CCCCCCCCNC(=O)c1cc(C)nc2ccc(F)cc12. The minimum atomic E-state index is -0.354. The van der Waals surface area contributed by atoms with E-state index in [1.54, 1.807) is 12.1 Å². The summed E-state index contributed by atoms with van der Waals surface area (Å²) in [7, 11) is 0. The Labute approximate surface area is 137 Å². The fraction of sp³-hybridized carbons (Fsp3) is 0.474. The topological polar surface area (TPSA) is 42.0 Å². The van der Waals surface area contributed by atoms with Crippen LogP contribution in [-0.2, 0) is 0 Å². The summed E-state index contributed by atoms with van der Waals surface area (Å²) < 4.78 is 13.5. The first-order valence-corrected chi connectivity index (χ1v) is 8.47. The van der Waals surface area contributed by atoms with Gasteiger partial charge in [0, 0.05) is 17.6 Å². The molecule has 23 heavy (non-hydrogen) atoms. The lowest BCUT2D eigenvalue weighted by molar-refractivity contribution is 0.0954. The molecule has 0 saturated heterocycles. The van der Waals surface area contributed by atoms with Crippen LogP contribution in [0.5, 0.6) is 0 Å². The number of halogens is 1. The van der Waals surface area contributed by atoms with E-state index in [4.69, 9.17) is 0 Å². The van der Waals surface area contributed by atoms with E-state index in [9.17, 15) is 9.18 Å². The summed E-state index contributed by atoms with van der Waals surface area (Å²) >= 11 is 0. The first-order chi connectivity index (χ1) is 11.1. The maximum absolute atomic E-state index is 13.5. The first kappa shape index (κ1) is 17.4. The van der Waals surface area contributed by atoms with Crippen LogP contribution in [0.25, 0.3) is 10.9 Å². The Balaban J connectivity index is 1.96. The number of hydrogen-bond donors (Lipinski definition) is 1. The average Bonchev–Trinajstić information content (AvgIpc) is 2.53. The van der Waals surface area contributed by atoms with Crippen molar-refractivity contribution in [2.45, 2.75) is 52.4 Å². The molecular weight excluding hydrogens is 291 g/mol. The highest BCUT2D eigenvalue weighted by atomic mass is 19.1. The molecule has 4 heteroatoms. The number of pyridine rings is 1. The van der Waals surface area contributed by atoms with E-state index < -0.39 is 0 Å². The first-order valence-electron chi connectivity index (χ1n) is 8.47. The van der Waals surface area contributed by atoms with Crippen LogP contribution in [0.1, 0.15) is 61.5 Å². The number of fused-ring (bicyclic) bond motifs is 1. The van der Waals surface area contributed by atoms with Crippen LogP contribution in [-0.4, -0.2) is 17.4 Å². The number of benzene rings is 1. The van der Waals surface area contributed by atoms with Gasteiger partial charge >= 0.3 is 0 Å². The molecule has 0 saturated carbocycles. The quantitative estimate of drug-likeness (QED) is 0.713. The number of hydrogen-bond acceptors (Lipinski definition) is 2. The Kier molecular flexibility index (Phi) is 6.51. The second-order valence-electron chi connectivity index (χ2n) is 6.00. The molecule has 0 atom stereocenters. The molecule has 0 spiro atoms. The Morgan fingerprint density at radius 3 is 2.65 bits per heavy atom. The summed E-state index contributed by atoms with van der Waals surface area (Å²) in [6.07, 6.45) is 7.10. The van der Waals surface area contributed by atoms with Crippen LogP contribution in [0.3, 0.4) is 0 Å². The van der Waals surface area contributed by atoms with E-state index in [2.05, 4.69) is 17.2 Å². The van der Waals surface area contributed by atoms with E-state index >= 15 is 0 Å². The van der Waals surface area contributed by atoms with Crippen molar-refractivity contribution >= 4 is 16.8 Å². The molecule has 124 valence electrons. The predicted molar refractivity (Wildman–Crippen MR) is 92.1 cm³/mol. The van der Waals surface area contributed by atoms with Gasteiger partial charge < -0.3 is 5.32 Å². The summed E-state index contributed by atoms with van der Waals surface area (Å²) in [6.45, 7) is 4.69. The fourth-order valence-electron chi connectivity index (χ4n) is 2.72. The number of amides is 1. The fourth-order valence-corrected chi connectivity index (χ4v) is 2.72. The Bertz CT molecular complexity index is 670. The van der Waals surface area contributed by atoms with Crippen molar-refractivity contribution in [2.24, 2.45) is 0 Å². The maximum atomic E-state index is 13.5. The second kappa shape index (κ2) is 8.61. The Morgan fingerprint density at radius 1 is 1.13 bits per heavy atom. The molecule has 0 aliphatic carbocycles. The molecule has 3 nitrogen and oxygen atoms in total. The summed E-state index contributed by atoms with van der Waals surface area (Å²) in [6, 6.07) is 6.08. The smallest absolute Gasteiger partial charge is 0.252 e. The van der Waals surface area contributed by atoms with Crippen LogP contribution in [0.2, 0.25) is 0 Å². The molecule has 1 aromatic carbocycles. The summed E-state index contributed by atoms with van der Waals surface area (Å²) in [5.74, 6) is -0.507. The minimum Gasteiger partial charge on any atom is -0.352 e. The molecule has 1 aromatic heterocycles. The minimum absolute atomic E-state index is 0.153. The van der Waals surface area contributed by atoms with Crippen LogP contribution < -0.4 is 5.32 Å². The van der Waals surface area contributed by atoms with E-state index in [-0.39, 0.29) is 11.7 Å². The number of aromatic nitrogens is 1. The van der Waals surface area contributed by atoms with Crippen molar-refractivity contribution < 1.29 is 9.18 Å². The molecule has 2 aromatic rings. The third kappa shape index (κ3) is 5.02. The molecule has 1 amide bonds. The predicted octanol–water partition coefficient (Wildman–Crippen LogP) is 4.77. The highest BCUT2D eigenvalue weighted by Gasteiger charge is 2.12. The van der Waals surface area contributed by atoms with Gasteiger partial charge in [-0.05, 0) is 37.6 Å². The van der Waals surface area contributed by atoms with Crippen LogP contribution >= 0.6 is 0 Å². The molecule has 1 heterocycles. The average molecular weight is 316 g/mol. The van der Waals surface area contributed by atoms with Crippen LogP contribution in [0.15, 0.2) is 24.3 Å². The van der Waals surface area contributed by atoms with Gasteiger partial charge in [-0.15, -0.1) is 0 Å². The monoisotopic (exact) mass is 316 g/mol. The van der Waals surface area contributed by atoms with Crippen molar-refractivity contribution in [3.63, 3.8) is 0 Å². The molecular formula is C19H25FN2O. The lowest BCUT2D eigenvalue weighted by Crippen LogP contribution is -2.25. The third-order valence-corrected chi connectivity index (χ3v) is 3.96. The zero-order valence-electron chi connectivity index (χ0n) is 14.0. The summed E-state index contributed by atoms with van der Waals surface area (Å²) in [4.78, 5) is 16.7. The molecule has 0 aliphatic rings. The van der Waals surface area contributed by atoms with Crippen molar-refractivity contribution in [3.8, 4) is 0 Å². The van der Waals surface area contributed by atoms with Crippen molar-refractivity contribution in [2.75, 3.05) is 6.54 Å². The number of rotatable bonds is 8. The van der Waals surface area contributed by atoms with E-state index in [1.165, 1.54) is 37.8 Å². The molecule has 0 unspecified atom stereocenters. The molecule has 2 rings (SSSR count). The maximum Gasteiger partial charge on any atom is 0.252 e. The zero-order chi connectivity index (χ0) is 16.7. The molecule has 0 radical (unpaired) electrons. The number of carbonyl (C=O) groups excluding carboxylic acids is 1. The van der Waals surface area contributed by atoms with Gasteiger partial charge in [0.15, 0.2) is 0 Å². The Morgan fingerprint density at radius 2 is 1.87 bits per heavy atom. The number of nitrogens with one attached hydrogen (secondary N) is 1. The molecule has 0 fully saturated rings. The highest BCUT2D eigenvalue weighted by Crippen LogP contribution is 2.19. The van der Waals surface area contributed by atoms with Crippen molar-refractivity contribution in [3.05, 3.63) is 41.3 Å². The van der Waals surface area contributed by atoms with Crippen molar-refractivity contribution in [1.29, 1.82) is 0 Å². The standard InChI is InChI=1S/C19H25FN2O/c1-3-4-5-6-7-8-11-21-19(23)17-12-14(2)22-18-10-9-15(20)13-16(17)18/h9-10,12-13H,3-8,11H2,1-2H3,(H,21,23). The lowest BCUT2D eigenvalue weighted by Gasteiger charge is -2.09. The van der Waals surface area contributed by atoms with Gasteiger partial charge in [-0.3, -0.25) is 9.78 Å². The zero-order valence-corrected chi connectivity index (χ0v) is 14.0. The van der Waals surface area contributed by atoms with E-state index in [1.807, 2.05) is 6.92 Å². The van der Waals surface area contributed by atoms with Gasteiger partial charge in [0.25, 0.3) is 5.91 Å². The molecule has 0 aliphatic heterocycles. The van der Waals surface area contributed by atoms with Gasteiger partial charge in [0.2, 0.25) is 0 Å². The lowest BCUT2D eigenvalue weighted by atomic mass is 10.1. The van der Waals surface area contributed by atoms with E-state index in [0.717, 1.165) is 18.5 Å². The van der Waals surface area contributed by atoms with Crippen molar-refractivity contribution in [1.82, 2.24) is 10.3 Å². The van der Waals surface area contributed by atoms with Gasteiger partial charge in [-0.25, -0.2) is 4.39 Å². The number of carbonyl (C=O) groups is 1. The normalized spacial score (nSPS) is 10.9. The molecule has 1 N–H and O–H groups in total. The van der Waals surface area contributed by atoms with Gasteiger partial charge in [0.1, 0.15) is 5.82 Å².